The molecule has 0 radical (unpaired) electrons. The predicted molar refractivity (Wildman–Crippen MR) is 64.8 cm³/mol. The van der Waals surface area contributed by atoms with Gasteiger partial charge in [-0.1, -0.05) is 39.5 Å². The zero-order chi connectivity index (χ0) is 11.9. The van der Waals surface area contributed by atoms with Crippen LogP contribution in [0.15, 0.2) is 0 Å². The molecule has 0 aromatic rings. The fraction of sp³-hybridized carbons (Fsp3) is 1.00. The lowest BCUT2D eigenvalue weighted by Crippen LogP contribution is -2.40. The maximum Gasteiger partial charge on any atom is 0.0672 e. The van der Waals surface area contributed by atoms with Gasteiger partial charge in [0, 0.05) is 5.92 Å². The molecule has 3 unspecified atom stereocenters. The number of rotatable bonds is 8. The third-order valence-electron chi connectivity index (χ3n) is 3.27. The van der Waals surface area contributed by atoms with Crippen molar-refractivity contribution >= 4 is 0 Å². The highest BCUT2D eigenvalue weighted by Gasteiger charge is 2.33. The summed E-state index contributed by atoms with van der Waals surface area (Å²) in [6.07, 6.45) is 5.68. The third-order valence-corrected chi connectivity index (χ3v) is 3.27. The standard InChI is InChI=1S/C13H28O2/c1-5-7-8-10-13(4,15)12(9-6-2)11(3)14/h11-12,14-15H,5-10H2,1-4H3. The fourth-order valence-electron chi connectivity index (χ4n) is 2.30. The van der Waals surface area contributed by atoms with Gasteiger partial charge in [0.05, 0.1) is 11.7 Å². The molecule has 0 spiro atoms. The van der Waals surface area contributed by atoms with Crippen LogP contribution in [0.5, 0.6) is 0 Å². The van der Waals surface area contributed by atoms with Crippen LogP contribution in [0.25, 0.3) is 0 Å². The molecule has 92 valence electrons. The van der Waals surface area contributed by atoms with Crippen LogP contribution in [-0.4, -0.2) is 21.9 Å². The summed E-state index contributed by atoms with van der Waals surface area (Å²) in [6, 6.07) is 0. The van der Waals surface area contributed by atoms with Crippen molar-refractivity contribution in [2.24, 2.45) is 5.92 Å². The number of unbranched alkanes of at least 4 members (excludes halogenated alkanes) is 2. The van der Waals surface area contributed by atoms with Crippen LogP contribution in [0.2, 0.25) is 0 Å². The Kier molecular flexibility index (Phi) is 7.20. The van der Waals surface area contributed by atoms with E-state index in [0.717, 1.165) is 32.1 Å². The van der Waals surface area contributed by atoms with Gasteiger partial charge in [0.15, 0.2) is 0 Å². The minimum absolute atomic E-state index is 0.0133. The Morgan fingerprint density at radius 2 is 1.73 bits per heavy atom. The molecule has 2 heteroatoms. The van der Waals surface area contributed by atoms with Crippen LogP contribution in [0.3, 0.4) is 0 Å². The minimum Gasteiger partial charge on any atom is -0.393 e. The van der Waals surface area contributed by atoms with E-state index in [4.69, 9.17) is 0 Å². The van der Waals surface area contributed by atoms with Gasteiger partial charge in [-0.05, 0) is 26.7 Å². The van der Waals surface area contributed by atoms with Crippen molar-refractivity contribution < 1.29 is 10.2 Å². The number of aliphatic hydroxyl groups is 2. The lowest BCUT2D eigenvalue weighted by atomic mass is 9.79. The van der Waals surface area contributed by atoms with Gasteiger partial charge in [0.1, 0.15) is 0 Å². The molecule has 15 heavy (non-hydrogen) atoms. The Balaban J connectivity index is 4.22. The van der Waals surface area contributed by atoms with E-state index in [0.29, 0.717) is 0 Å². The highest BCUT2D eigenvalue weighted by Crippen LogP contribution is 2.30. The first-order valence-corrected chi connectivity index (χ1v) is 6.36. The van der Waals surface area contributed by atoms with Gasteiger partial charge in [0.25, 0.3) is 0 Å². The maximum atomic E-state index is 10.3. The van der Waals surface area contributed by atoms with Crippen LogP contribution in [0.1, 0.15) is 66.2 Å². The molecule has 0 heterocycles. The van der Waals surface area contributed by atoms with Crippen LogP contribution in [0, 0.1) is 5.92 Å². The molecule has 2 N–H and O–H groups in total. The smallest absolute Gasteiger partial charge is 0.0672 e. The molecular formula is C13H28O2. The van der Waals surface area contributed by atoms with Crippen molar-refractivity contribution in [3.63, 3.8) is 0 Å². The van der Waals surface area contributed by atoms with Crippen LogP contribution in [-0.2, 0) is 0 Å². The molecule has 0 aliphatic heterocycles. The molecular weight excluding hydrogens is 188 g/mol. The van der Waals surface area contributed by atoms with E-state index in [2.05, 4.69) is 13.8 Å². The fourth-order valence-corrected chi connectivity index (χ4v) is 2.30. The molecule has 3 atom stereocenters. The van der Waals surface area contributed by atoms with Crippen LogP contribution < -0.4 is 0 Å². The summed E-state index contributed by atoms with van der Waals surface area (Å²) in [7, 11) is 0. The van der Waals surface area contributed by atoms with Crippen LogP contribution in [0.4, 0.5) is 0 Å². The SMILES string of the molecule is CCCCCC(C)(O)C(CCC)C(C)O. The Labute approximate surface area is 94.7 Å². The zero-order valence-electron chi connectivity index (χ0n) is 10.8. The van der Waals surface area contributed by atoms with Gasteiger partial charge < -0.3 is 10.2 Å². The zero-order valence-corrected chi connectivity index (χ0v) is 10.8. The number of hydrogen-bond acceptors (Lipinski definition) is 2. The van der Waals surface area contributed by atoms with E-state index < -0.39 is 11.7 Å². The van der Waals surface area contributed by atoms with Crippen molar-refractivity contribution in [3.05, 3.63) is 0 Å². The van der Waals surface area contributed by atoms with E-state index in [1.807, 2.05) is 6.92 Å². The van der Waals surface area contributed by atoms with Gasteiger partial charge >= 0.3 is 0 Å². The number of aliphatic hydroxyl groups excluding tert-OH is 1. The Bertz CT molecular complexity index is 153. The minimum atomic E-state index is -0.709. The van der Waals surface area contributed by atoms with E-state index in [-0.39, 0.29) is 5.92 Å². The first-order chi connectivity index (χ1) is 6.95. The highest BCUT2D eigenvalue weighted by molar-refractivity contribution is 4.84. The summed E-state index contributed by atoms with van der Waals surface area (Å²) in [5, 5.41) is 20.0. The number of hydrogen-bond donors (Lipinski definition) is 2. The molecule has 0 fully saturated rings. The first-order valence-electron chi connectivity index (χ1n) is 6.36. The Morgan fingerprint density at radius 1 is 1.13 bits per heavy atom. The molecule has 0 aromatic heterocycles. The molecule has 0 aromatic carbocycles. The molecule has 0 saturated heterocycles. The van der Waals surface area contributed by atoms with Gasteiger partial charge in [-0.15, -0.1) is 0 Å². The van der Waals surface area contributed by atoms with Crippen molar-refractivity contribution in [3.8, 4) is 0 Å². The quantitative estimate of drug-likeness (QED) is 0.612. The summed E-state index contributed by atoms with van der Waals surface area (Å²) in [6.45, 7) is 7.91. The van der Waals surface area contributed by atoms with Crippen molar-refractivity contribution in [1.29, 1.82) is 0 Å². The molecule has 0 amide bonds. The topological polar surface area (TPSA) is 40.5 Å². The van der Waals surface area contributed by atoms with E-state index in [9.17, 15) is 10.2 Å². The Hall–Kier alpha value is -0.0800. The normalized spacial score (nSPS) is 19.6. The Morgan fingerprint density at radius 3 is 2.13 bits per heavy atom. The second kappa shape index (κ2) is 7.24. The van der Waals surface area contributed by atoms with E-state index in [1.165, 1.54) is 6.42 Å². The summed E-state index contributed by atoms with van der Waals surface area (Å²) < 4.78 is 0. The van der Waals surface area contributed by atoms with E-state index >= 15 is 0 Å². The average molecular weight is 216 g/mol. The third kappa shape index (κ3) is 5.53. The largest absolute Gasteiger partial charge is 0.393 e. The summed E-state index contributed by atoms with van der Waals surface area (Å²) in [5.74, 6) is 0.0133. The summed E-state index contributed by atoms with van der Waals surface area (Å²) in [5.41, 5.74) is -0.709. The summed E-state index contributed by atoms with van der Waals surface area (Å²) >= 11 is 0. The van der Waals surface area contributed by atoms with Crippen LogP contribution >= 0.6 is 0 Å². The van der Waals surface area contributed by atoms with Crippen molar-refractivity contribution in [2.75, 3.05) is 0 Å². The second-order valence-corrected chi connectivity index (χ2v) is 4.95. The molecule has 0 rings (SSSR count). The predicted octanol–water partition coefficient (Wildman–Crippen LogP) is 3.11. The lowest BCUT2D eigenvalue weighted by molar-refractivity contribution is -0.0636. The van der Waals surface area contributed by atoms with Crippen molar-refractivity contribution in [2.45, 2.75) is 77.9 Å². The first kappa shape index (κ1) is 14.9. The molecule has 0 aliphatic rings. The van der Waals surface area contributed by atoms with Gasteiger partial charge in [0.2, 0.25) is 0 Å². The van der Waals surface area contributed by atoms with Crippen molar-refractivity contribution in [1.82, 2.24) is 0 Å². The molecule has 2 nitrogen and oxygen atoms in total. The average Bonchev–Trinajstić information content (AvgIpc) is 2.13. The van der Waals surface area contributed by atoms with E-state index in [1.54, 1.807) is 6.92 Å². The van der Waals surface area contributed by atoms with Gasteiger partial charge in [-0.3, -0.25) is 0 Å². The second-order valence-electron chi connectivity index (χ2n) is 4.95. The lowest BCUT2D eigenvalue weighted by Gasteiger charge is -2.35. The molecule has 0 bridgehead atoms. The molecule has 0 aliphatic carbocycles. The monoisotopic (exact) mass is 216 g/mol. The molecule has 0 saturated carbocycles. The van der Waals surface area contributed by atoms with Gasteiger partial charge in [-0.25, -0.2) is 0 Å². The summed E-state index contributed by atoms with van der Waals surface area (Å²) in [4.78, 5) is 0. The maximum absolute atomic E-state index is 10.3. The highest BCUT2D eigenvalue weighted by atomic mass is 16.3. The van der Waals surface area contributed by atoms with Gasteiger partial charge in [-0.2, -0.15) is 0 Å².